The highest BCUT2D eigenvalue weighted by atomic mass is 16.1. The lowest BCUT2D eigenvalue weighted by Gasteiger charge is -2.21. The van der Waals surface area contributed by atoms with E-state index in [1.165, 1.54) is 73.4 Å². The molecule has 0 saturated carbocycles. The number of hydrogen-bond donors (Lipinski definition) is 2. The minimum absolute atomic E-state index is 0.0447. The number of benzene rings is 2. The van der Waals surface area contributed by atoms with Gasteiger partial charge in [0, 0.05) is 6.42 Å². The lowest BCUT2D eigenvalue weighted by Crippen LogP contribution is -2.44. The van der Waals surface area contributed by atoms with Crippen molar-refractivity contribution in [2.24, 2.45) is 0 Å². The van der Waals surface area contributed by atoms with Crippen molar-refractivity contribution < 1.29 is 4.79 Å². The molecule has 4 nitrogen and oxygen atoms in total. The van der Waals surface area contributed by atoms with Crippen LogP contribution in [0, 0.1) is 0 Å². The van der Waals surface area contributed by atoms with E-state index in [2.05, 4.69) is 72.8 Å². The second kappa shape index (κ2) is 15.8. The average molecular weight is 440 g/mol. The van der Waals surface area contributed by atoms with Crippen molar-refractivity contribution in [2.45, 2.75) is 84.2 Å². The van der Waals surface area contributed by atoms with Gasteiger partial charge in [0.05, 0.1) is 6.17 Å². The van der Waals surface area contributed by atoms with Crippen LogP contribution in [-0.2, 0) is 17.6 Å². The SMILES string of the molecule is CCCCCCN(C)CCCN[C@@H](Cc1ccc(CCCCC)c2ccccc12)NC=O. The summed E-state index contributed by atoms with van der Waals surface area (Å²) in [4.78, 5) is 13.6. The number of amides is 1. The number of nitrogens with zero attached hydrogens (tertiary/aromatic N) is 1. The van der Waals surface area contributed by atoms with Gasteiger partial charge in [0.25, 0.3) is 0 Å². The van der Waals surface area contributed by atoms with E-state index in [-0.39, 0.29) is 6.17 Å². The van der Waals surface area contributed by atoms with Crippen molar-refractivity contribution in [3.8, 4) is 0 Å². The Hall–Kier alpha value is -1.91. The summed E-state index contributed by atoms with van der Waals surface area (Å²) < 4.78 is 0. The van der Waals surface area contributed by atoms with Crippen molar-refractivity contribution in [2.75, 3.05) is 26.7 Å². The molecule has 0 aliphatic rings. The lowest BCUT2D eigenvalue weighted by molar-refractivity contribution is -0.110. The van der Waals surface area contributed by atoms with Crippen molar-refractivity contribution in [1.29, 1.82) is 0 Å². The van der Waals surface area contributed by atoms with E-state index < -0.39 is 0 Å². The van der Waals surface area contributed by atoms with Crippen LogP contribution in [0.15, 0.2) is 36.4 Å². The third-order valence-corrected chi connectivity index (χ3v) is 6.35. The molecule has 0 aliphatic carbocycles. The van der Waals surface area contributed by atoms with Crippen LogP contribution < -0.4 is 10.6 Å². The monoisotopic (exact) mass is 439 g/mol. The van der Waals surface area contributed by atoms with E-state index in [1.54, 1.807) is 0 Å². The smallest absolute Gasteiger partial charge is 0.208 e. The van der Waals surface area contributed by atoms with E-state index in [0.717, 1.165) is 38.8 Å². The number of nitrogens with one attached hydrogen (secondary N) is 2. The van der Waals surface area contributed by atoms with Crippen LogP contribution in [0.5, 0.6) is 0 Å². The second-order valence-corrected chi connectivity index (χ2v) is 9.10. The molecule has 1 atom stereocenters. The molecule has 2 rings (SSSR count). The summed E-state index contributed by atoms with van der Waals surface area (Å²) in [7, 11) is 2.21. The van der Waals surface area contributed by atoms with Crippen molar-refractivity contribution >= 4 is 17.2 Å². The molecule has 2 aromatic carbocycles. The van der Waals surface area contributed by atoms with Crippen LogP contribution in [0.2, 0.25) is 0 Å². The van der Waals surface area contributed by atoms with Crippen molar-refractivity contribution in [3.05, 3.63) is 47.5 Å². The second-order valence-electron chi connectivity index (χ2n) is 9.10. The van der Waals surface area contributed by atoms with Crippen LogP contribution in [-0.4, -0.2) is 44.2 Å². The summed E-state index contributed by atoms with van der Waals surface area (Å²) in [6.45, 7) is 7.66. The van der Waals surface area contributed by atoms with Gasteiger partial charge in [0.1, 0.15) is 0 Å². The highest BCUT2D eigenvalue weighted by Gasteiger charge is 2.12. The first-order valence-electron chi connectivity index (χ1n) is 12.8. The Kier molecular flexibility index (Phi) is 13.0. The van der Waals surface area contributed by atoms with E-state index in [1.807, 2.05) is 0 Å². The van der Waals surface area contributed by atoms with Gasteiger partial charge in [-0.05, 0) is 74.3 Å². The molecule has 0 fully saturated rings. The molecule has 0 aromatic heterocycles. The Morgan fingerprint density at radius 2 is 1.50 bits per heavy atom. The molecule has 0 bridgehead atoms. The number of carbonyl (C=O) groups excluding carboxylic acids is 1. The van der Waals surface area contributed by atoms with Crippen LogP contribution in [0.25, 0.3) is 10.8 Å². The predicted octanol–water partition coefficient (Wildman–Crippen LogP) is 5.68. The van der Waals surface area contributed by atoms with Gasteiger partial charge in [0.15, 0.2) is 0 Å². The molecule has 1 amide bonds. The fraction of sp³-hybridized carbons (Fsp3) is 0.607. The third kappa shape index (κ3) is 9.30. The summed E-state index contributed by atoms with van der Waals surface area (Å²) in [5.74, 6) is 0. The van der Waals surface area contributed by atoms with E-state index in [0.29, 0.717) is 0 Å². The Morgan fingerprint density at radius 1 is 0.844 bits per heavy atom. The Morgan fingerprint density at radius 3 is 2.22 bits per heavy atom. The largest absolute Gasteiger partial charge is 0.343 e. The molecule has 4 heteroatoms. The van der Waals surface area contributed by atoms with E-state index in [4.69, 9.17) is 0 Å². The van der Waals surface area contributed by atoms with E-state index in [9.17, 15) is 4.79 Å². The van der Waals surface area contributed by atoms with Crippen LogP contribution >= 0.6 is 0 Å². The maximum absolute atomic E-state index is 11.2. The Labute approximate surface area is 196 Å². The van der Waals surface area contributed by atoms with Gasteiger partial charge in [-0.1, -0.05) is 82.3 Å². The summed E-state index contributed by atoms with van der Waals surface area (Å²) in [5, 5.41) is 9.21. The zero-order valence-electron chi connectivity index (χ0n) is 20.7. The van der Waals surface area contributed by atoms with Gasteiger partial charge in [-0.2, -0.15) is 0 Å². The average Bonchev–Trinajstić information content (AvgIpc) is 2.81. The molecule has 2 aromatic rings. The molecule has 32 heavy (non-hydrogen) atoms. The normalized spacial score (nSPS) is 12.4. The van der Waals surface area contributed by atoms with Gasteiger partial charge < -0.3 is 10.2 Å². The molecular weight excluding hydrogens is 394 g/mol. The molecule has 178 valence electrons. The van der Waals surface area contributed by atoms with Gasteiger partial charge >= 0.3 is 0 Å². The highest BCUT2D eigenvalue weighted by molar-refractivity contribution is 5.88. The number of rotatable bonds is 18. The van der Waals surface area contributed by atoms with Gasteiger partial charge in [-0.15, -0.1) is 0 Å². The fourth-order valence-corrected chi connectivity index (χ4v) is 4.42. The number of unbranched alkanes of at least 4 members (excludes halogenated alkanes) is 5. The first-order chi connectivity index (χ1) is 15.7. The zero-order chi connectivity index (χ0) is 23.0. The van der Waals surface area contributed by atoms with Crippen molar-refractivity contribution in [3.63, 3.8) is 0 Å². The van der Waals surface area contributed by atoms with Gasteiger partial charge in [0.2, 0.25) is 6.41 Å². The van der Waals surface area contributed by atoms with Crippen LogP contribution in [0.3, 0.4) is 0 Å². The number of carbonyl (C=O) groups is 1. The molecule has 2 N–H and O–H groups in total. The summed E-state index contributed by atoms with van der Waals surface area (Å²) >= 11 is 0. The summed E-state index contributed by atoms with van der Waals surface area (Å²) in [5.41, 5.74) is 2.73. The summed E-state index contributed by atoms with van der Waals surface area (Å²) in [6, 6.07) is 13.3. The molecule has 0 spiro atoms. The maximum Gasteiger partial charge on any atom is 0.208 e. The van der Waals surface area contributed by atoms with Gasteiger partial charge in [-0.3, -0.25) is 10.1 Å². The third-order valence-electron chi connectivity index (χ3n) is 6.35. The minimum atomic E-state index is -0.0447. The van der Waals surface area contributed by atoms with Crippen LogP contribution in [0.4, 0.5) is 0 Å². The van der Waals surface area contributed by atoms with E-state index >= 15 is 0 Å². The Balaban J connectivity index is 1.90. The number of hydrogen-bond acceptors (Lipinski definition) is 3. The Bertz CT molecular complexity index is 776. The fourth-order valence-electron chi connectivity index (χ4n) is 4.42. The zero-order valence-corrected chi connectivity index (χ0v) is 20.7. The lowest BCUT2D eigenvalue weighted by atomic mass is 9.94. The maximum atomic E-state index is 11.2. The quantitative estimate of drug-likeness (QED) is 0.178. The van der Waals surface area contributed by atoms with Crippen LogP contribution in [0.1, 0.15) is 76.3 Å². The topological polar surface area (TPSA) is 44.4 Å². The molecule has 0 aliphatic heterocycles. The minimum Gasteiger partial charge on any atom is -0.343 e. The highest BCUT2D eigenvalue weighted by Crippen LogP contribution is 2.25. The number of aryl methyl sites for hydroxylation is 1. The molecular formula is C28H45N3O. The summed E-state index contributed by atoms with van der Waals surface area (Å²) in [6.07, 6.45) is 12.8. The van der Waals surface area contributed by atoms with Gasteiger partial charge in [-0.25, -0.2) is 0 Å². The molecule has 0 radical (unpaired) electrons. The standard InChI is InChI=1S/C28H45N3O/c1-4-6-8-12-20-31(3)21-13-19-29-28(30-23-32)22-25-18-17-24(14-9-7-5-2)26-15-10-11-16-27(25)26/h10-11,15-18,23,28-29H,4-9,12-14,19-22H2,1-3H3,(H,30,32)/t28-/m1/s1. The first kappa shape index (κ1) is 26.3. The van der Waals surface area contributed by atoms with Crippen molar-refractivity contribution in [1.82, 2.24) is 15.5 Å². The first-order valence-corrected chi connectivity index (χ1v) is 12.8. The number of fused-ring (bicyclic) bond motifs is 1. The molecule has 0 unspecified atom stereocenters. The molecule has 0 heterocycles. The molecule has 0 saturated heterocycles. The predicted molar refractivity (Wildman–Crippen MR) is 138 cm³/mol.